The first-order valence-corrected chi connectivity index (χ1v) is 8.45. The van der Waals surface area contributed by atoms with Crippen molar-refractivity contribution in [2.45, 2.75) is 26.0 Å². The lowest BCUT2D eigenvalue weighted by atomic mass is 9.96. The summed E-state index contributed by atoms with van der Waals surface area (Å²) in [5.74, 6) is 2.33. The molecule has 0 N–H and O–H groups in total. The summed E-state index contributed by atoms with van der Waals surface area (Å²) >= 11 is 1.92. The molecule has 2 aliphatic heterocycles. The van der Waals surface area contributed by atoms with Crippen molar-refractivity contribution in [2.24, 2.45) is 5.92 Å². The van der Waals surface area contributed by atoms with Crippen molar-refractivity contribution < 1.29 is 9.53 Å². The van der Waals surface area contributed by atoms with Crippen LogP contribution >= 0.6 is 11.8 Å². The third-order valence-electron chi connectivity index (χ3n) is 4.04. The maximum atomic E-state index is 12.7. The molecule has 0 aromatic carbocycles. The van der Waals surface area contributed by atoms with E-state index in [2.05, 4.69) is 12.0 Å². The summed E-state index contributed by atoms with van der Waals surface area (Å²) in [6, 6.07) is 0. The van der Waals surface area contributed by atoms with Gasteiger partial charge < -0.3 is 9.64 Å². The first-order chi connectivity index (χ1) is 9.79. The molecule has 6 heteroatoms. The molecule has 110 valence electrons. The molecule has 1 aromatic heterocycles. The van der Waals surface area contributed by atoms with Crippen molar-refractivity contribution in [1.29, 1.82) is 0 Å². The van der Waals surface area contributed by atoms with Gasteiger partial charge in [-0.05, 0) is 13.3 Å². The molecule has 0 bridgehead atoms. The van der Waals surface area contributed by atoms with Crippen molar-refractivity contribution >= 4 is 17.7 Å². The number of amides is 1. The van der Waals surface area contributed by atoms with E-state index in [1.165, 1.54) is 0 Å². The van der Waals surface area contributed by atoms with Crippen LogP contribution in [0.2, 0.25) is 0 Å². The van der Waals surface area contributed by atoms with Crippen LogP contribution in [-0.2, 0) is 16.1 Å². The molecule has 1 amide bonds. The van der Waals surface area contributed by atoms with Gasteiger partial charge in [0.25, 0.3) is 0 Å². The van der Waals surface area contributed by atoms with E-state index >= 15 is 0 Å². The van der Waals surface area contributed by atoms with E-state index in [1.807, 2.05) is 33.7 Å². The number of thioether (sulfide) groups is 1. The van der Waals surface area contributed by atoms with Gasteiger partial charge >= 0.3 is 0 Å². The number of rotatable bonds is 3. The van der Waals surface area contributed by atoms with Crippen LogP contribution in [0.4, 0.5) is 0 Å². The molecule has 0 radical (unpaired) electrons. The predicted molar refractivity (Wildman–Crippen MR) is 78.6 cm³/mol. The minimum atomic E-state index is -0.114. The first-order valence-electron chi connectivity index (χ1n) is 7.30. The first kappa shape index (κ1) is 13.9. The fourth-order valence-electron chi connectivity index (χ4n) is 2.89. The molecule has 5 nitrogen and oxygen atoms in total. The zero-order valence-electron chi connectivity index (χ0n) is 11.8. The van der Waals surface area contributed by atoms with Gasteiger partial charge in [0.05, 0.1) is 18.2 Å². The monoisotopic (exact) mass is 295 g/mol. The highest BCUT2D eigenvalue weighted by molar-refractivity contribution is 7.99. The van der Waals surface area contributed by atoms with Crippen molar-refractivity contribution in [2.75, 3.05) is 31.2 Å². The lowest BCUT2D eigenvalue weighted by Gasteiger charge is -2.30. The number of nitrogens with zero attached hydrogens (tertiary/aromatic N) is 3. The SMILES string of the molecule is CCn1cc([C@H]2OCC[C@@H]2C(=O)N2CCSCC2)cn1. The fraction of sp³-hybridized carbons (Fsp3) is 0.714. The number of carbonyl (C=O) groups excluding carboxylic acids is 1. The minimum absolute atomic E-state index is 0.0346. The molecule has 2 atom stereocenters. The van der Waals surface area contributed by atoms with E-state index in [-0.39, 0.29) is 17.9 Å². The van der Waals surface area contributed by atoms with Crippen LogP contribution in [0, 0.1) is 5.92 Å². The van der Waals surface area contributed by atoms with Crippen LogP contribution in [0.25, 0.3) is 0 Å². The second-order valence-corrected chi connectivity index (χ2v) is 6.48. The van der Waals surface area contributed by atoms with E-state index in [4.69, 9.17) is 4.74 Å². The van der Waals surface area contributed by atoms with Gasteiger partial charge in [0, 0.05) is 49.5 Å². The Morgan fingerprint density at radius 2 is 2.30 bits per heavy atom. The number of aryl methyl sites for hydroxylation is 1. The van der Waals surface area contributed by atoms with Gasteiger partial charge in [-0.15, -0.1) is 0 Å². The molecule has 2 aliphatic rings. The third-order valence-corrected chi connectivity index (χ3v) is 4.98. The van der Waals surface area contributed by atoms with Crippen molar-refractivity contribution in [3.63, 3.8) is 0 Å². The molecule has 3 rings (SSSR count). The molecule has 0 saturated carbocycles. The van der Waals surface area contributed by atoms with Gasteiger partial charge in [0.15, 0.2) is 0 Å². The smallest absolute Gasteiger partial charge is 0.228 e. The summed E-state index contributed by atoms with van der Waals surface area (Å²) in [6.07, 6.45) is 4.55. The van der Waals surface area contributed by atoms with Crippen LogP contribution in [-0.4, -0.2) is 51.8 Å². The Morgan fingerprint density at radius 3 is 3.00 bits per heavy atom. The maximum absolute atomic E-state index is 12.7. The molecular weight excluding hydrogens is 274 g/mol. The summed E-state index contributed by atoms with van der Waals surface area (Å²) in [4.78, 5) is 14.7. The quantitative estimate of drug-likeness (QED) is 0.849. The highest BCUT2D eigenvalue weighted by Gasteiger charge is 2.38. The van der Waals surface area contributed by atoms with Crippen LogP contribution in [0.1, 0.15) is 25.0 Å². The minimum Gasteiger partial charge on any atom is -0.373 e. The second-order valence-electron chi connectivity index (χ2n) is 5.25. The summed E-state index contributed by atoms with van der Waals surface area (Å²) in [6.45, 7) is 5.32. The lowest BCUT2D eigenvalue weighted by molar-refractivity contribution is -0.137. The number of ether oxygens (including phenoxy) is 1. The standard InChI is InChI=1S/C14H21N3O2S/c1-2-17-10-11(9-15-17)13-12(3-6-19-13)14(18)16-4-7-20-8-5-16/h9-10,12-13H,2-8H2,1H3/t12-,13+/m0/s1. The number of hydrogen-bond donors (Lipinski definition) is 0. The molecule has 2 saturated heterocycles. The van der Waals surface area contributed by atoms with Crippen molar-refractivity contribution in [1.82, 2.24) is 14.7 Å². The van der Waals surface area contributed by atoms with E-state index in [0.717, 1.165) is 43.1 Å². The summed E-state index contributed by atoms with van der Waals surface area (Å²) in [5, 5.41) is 4.29. The van der Waals surface area contributed by atoms with Crippen LogP contribution in [0.15, 0.2) is 12.4 Å². The number of hydrogen-bond acceptors (Lipinski definition) is 4. The molecule has 3 heterocycles. The normalized spacial score (nSPS) is 26.9. The Kier molecular flexibility index (Phi) is 4.31. The van der Waals surface area contributed by atoms with E-state index in [1.54, 1.807) is 0 Å². The summed E-state index contributed by atoms with van der Waals surface area (Å²) < 4.78 is 7.70. The van der Waals surface area contributed by atoms with Gasteiger partial charge in [-0.3, -0.25) is 9.48 Å². The highest BCUT2D eigenvalue weighted by Crippen LogP contribution is 2.36. The lowest BCUT2D eigenvalue weighted by Crippen LogP contribution is -2.42. The largest absolute Gasteiger partial charge is 0.373 e. The molecule has 20 heavy (non-hydrogen) atoms. The van der Waals surface area contributed by atoms with Crippen LogP contribution in [0.5, 0.6) is 0 Å². The second kappa shape index (κ2) is 6.18. The molecule has 0 unspecified atom stereocenters. The van der Waals surface area contributed by atoms with Crippen molar-refractivity contribution in [3.05, 3.63) is 18.0 Å². The third kappa shape index (κ3) is 2.72. The Bertz CT molecular complexity index is 471. The zero-order valence-corrected chi connectivity index (χ0v) is 12.6. The molecule has 1 aromatic rings. The van der Waals surface area contributed by atoms with E-state index in [9.17, 15) is 4.79 Å². The average molecular weight is 295 g/mol. The van der Waals surface area contributed by atoms with Gasteiger partial charge in [0.2, 0.25) is 5.91 Å². The molecule has 2 fully saturated rings. The highest BCUT2D eigenvalue weighted by atomic mass is 32.2. The van der Waals surface area contributed by atoms with Gasteiger partial charge in [0.1, 0.15) is 0 Å². The van der Waals surface area contributed by atoms with Crippen molar-refractivity contribution in [3.8, 4) is 0 Å². The summed E-state index contributed by atoms with van der Waals surface area (Å²) in [5.41, 5.74) is 1.04. The maximum Gasteiger partial charge on any atom is 0.228 e. The Hall–Kier alpha value is -1.01. The Balaban J connectivity index is 1.72. The number of carbonyl (C=O) groups is 1. The number of aromatic nitrogens is 2. The van der Waals surface area contributed by atoms with Crippen LogP contribution in [0.3, 0.4) is 0 Å². The van der Waals surface area contributed by atoms with Gasteiger partial charge in [-0.25, -0.2) is 0 Å². The average Bonchev–Trinajstić information content (AvgIpc) is 3.15. The molecular formula is C14H21N3O2S. The van der Waals surface area contributed by atoms with Crippen LogP contribution < -0.4 is 0 Å². The van der Waals surface area contributed by atoms with E-state index < -0.39 is 0 Å². The predicted octanol–water partition coefficient (Wildman–Crippen LogP) is 1.56. The zero-order chi connectivity index (χ0) is 13.9. The Morgan fingerprint density at radius 1 is 1.50 bits per heavy atom. The Labute approximate surface area is 123 Å². The summed E-state index contributed by atoms with van der Waals surface area (Å²) in [7, 11) is 0. The topological polar surface area (TPSA) is 47.4 Å². The molecule has 0 spiro atoms. The molecule has 0 aliphatic carbocycles. The van der Waals surface area contributed by atoms with Gasteiger partial charge in [-0.1, -0.05) is 0 Å². The van der Waals surface area contributed by atoms with E-state index in [0.29, 0.717) is 6.61 Å². The van der Waals surface area contributed by atoms with Gasteiger partial charge in [-0.2, -0.15) is 16.9 Å². The fourth-order valence-corrected chi connectivity index (χ4v) is 3.79.